The molecule has 0 saturated carbocycles. The first-order valence-electron chi connectivity index (χ1n) is 5.22. The van der Waals surface area contributed by atoms with Crippen LogP contribution in [0.4, 0.5) is 8.78 Å². The first-order valence-corrected chi connectivity index (χ1v) is 5.63. The summed E-state index contributed by atoms with van der Waals surface area (Å²) in [5.74, 6) is -1.71. The Bertz CT molecular complexity index is 601. The van der Waals surface area contributed by atoms with E-state index in [9.17, 15) is 8.78 Å². The summed E-state index contributed by atoms with van der Waals surface area (Å²) in [7, 11) is 3.82. The number of benzene rings is 1. The van der Waals surface area contributed by atoms with Crippen LogP contribution in [-0.4, -0.2) is 35.1 Å². The first kappa shape index (κ1) is 12.2. The number of H-pyrrole nitrogens is 1. The van der Waals surface area contributed by atoms with Crippen LogP contribution in [0, 0.1) is 16.4 Å². The zero-order valence-electron chi connectivity index (χ0n) is 9.63. The average Bonchev–Trinajstić information content (AvgIpc) is 2.58. The van der Waals surface area contributed by atoms with Gasteiger partial charge in [0.1, 0.15) is 5.52 Å². The Balaban J connectivity index is 2.57. The quantitative estimate of drug-likeness (QED) is 0.854. The summed E-state index contributed by atoms with van der Waals surface area (Å²) in [4.78, 5) is 4.83. The van der Waals surface area contributed by atoms with Crippen molar-refractivity contribution in [3.63, 3.8) is 0 Å². The van der Waals surface area contributed by atoms with Gasteiger partial charge in [0, 0.05) is 13.1 Å². The van der Waals surface area contributed by atoms with Crippen molar-refractivity contribution in [3.05, 3.63) is 28.5 Å². The van der Waals surface area contributed by atoms with Crippen LogP contribution in [0.25, 0.3) is 11.0 Å². The highest BCUT2D eigenvalue weighted by Gasteiger charge is 2.13. The van der Waals surface area contributed by atoms with Crippen LogP contribution in [0.3, 0.4) is 0 Å². The number of nitrogens with zero attached hydrogens (tertiary/aromatic N) is 2. The molecule has 0 aliphatic rings. The monoisotopic (exact) mass is 257 g/mol. The topological polar surface area (TPSA) is 24.0 Å². The molecule has 3 nitrogen and oxygen atoms in total. The molecule has 0 saturated heterocycles. The van der Waals surface area contributed by atoms with Gasteiger partial charge < -0.3 is 14.5 Å². The minimum absolute atomic E-state index is 0.205. The van der Waals surface area contributed by atoms with Gasteiger partial charge in [-0.1, -0.05) is 0 Å². The molecule has 2 rings (SSSR count). The number of imidazole rings is 1. The van der Waals surface area contributed by atoms with Crippen molar-refractivity contribution < 1.29 is 8.78 Å². The van der Waals surface area contributed by atoms with Crippen molar-refractivity contribution in [2.75, 3.05) is 20.6 Å². The van der Waals surface area contributed by atoms with E-state index in [1.807, 2.05) is 19.0 Å². The summed E-state index contributed by atoms with van der Waals surface area (Å²) in [6.45, 7) is 1.23. The smallest absolute Gasteiger partial charge is 0.184 e. The lowest BCUT2D eigenvalue weighted by Gasteiger charge is -2.10. The standard InChI is InChI=1S/C11H13F2N3S/c1-15(2)5-6-16-10-8(14-11(16)17)4-3-7(12)9(10)13/h3-4H,5-6H2,1-2H3,(H,14,17). The molecule has 6 heteroatoms. The number of hydrogen-bond donors (Lipinski definition) is 1. The summed E-state index contributed by atoms with van der Waals surface area (Å²) in [6, 6.07) is 2.59. The lowest BCUT2D eigenvalue weighted by molar-refractivity contribution is 0.384. The molecule has 1 aromatic heterocycles. The molecule has 0 fully saturated rings. The Morgan fingerprint density at radius 1 is 1.35 bits per heavy atom. The van der Waals surface area contributed by atoms with Gasteiger partial charge in [-0.3, -0.25) is 0 Å². The minimum Gasteiger partial charge on any atom is -0.330 e. The fourth-order valence-corrected chi connectivity index (χ4v) is 1.99. The van der Waals surface area contributed by atoms with Crippen molar-refractivity contribution in [2.45, 2.75) is 6.54 Å². The van der Waals surface area contributed by atoms with Gasteiger partial charge in [0.15, 0.2) is 16.4 Å². The van der Waals surface area contributed by atoms with Crippen LogP contribution >= 0.6 is 12.2 Å². The van der Waals surface area contributed by atoms with Gasteiger partial charge in [-0.15, -0.1) is 0 Å². The van der Waals surface area contributed by atoms with Gasteiger partial charge in [-0.25, -0.2) is 8.78 Å². The molecule has 1 aromatic carbocycles. The van der Waals surface area contributed by atoms with Crippen LogP contribution in [0.15, 0.2) is 12.1 Å². The molecule has 0 bridgehead atoms. The molecule has 1 N–H and O–H groups in total. The maximum atomic E-state index is 13.7. The van der Waals surface area contributed by atoms with E-state index in [1.54, 1.807) is 4.57 Å². The van der Waals surface area contributed by atoms with Crippen molar-refractivity contribution >= 4 is 23.3 Å². The van der Waals surface area contributed by atoms with Crippen LogP contribution in [0.5, 0.6) is 0 Å². The number of rotatable bonds is 3. The zero-order chi connectivity index (χ0) is 12.6. The van der Waals surface area contributed by atoms with Gasteiger partial charge in [0.2, 0.25) is 0 Å². The van der Waals surface area contributed by atoms with E-state index >= 15 is 0 Å². The first-order chi connectivity index (χ1) is 8.00. The predicted molar refractivity (Wildman–Crippen MR) is 65.6 cm³/mol. The van der Waals surface area contributed by atoms with Crippen molar-refractivity contribution in [1.29, 1.82) is 0 Å². The van der Waals surface area contributed by atoms with Gasteiger partial charge in [0.25, 0.3) is 0 Å². The van der Waals surface area contributed by atoms with E-state index in [-0.39, 0.29) is 5.52 Å². The summed E-state index contributed by atoms with van der Waals surface area (Å²) in [5, 5.41) is 0. The number of hydrogen-bond acceptors (Lipinski definition) is 2. The van der Waals surface area contributed by atoms with E-state index in [0.717, 1.165) is 6.07 Å². The number of halogens is 2. The summed E-state index contributed by atoms with van der Waals surface area (Å²) in [6.07, 6.45) is 0. The molecule has 2 aromatic rings. The second-order valence-electron chi connectivity index (χ2n) is 4.14. The minimum atomic E-state index is -0.856. The van der Waals surface area contributed by atoms with E-state index in [0.29, 0.717) is 23.4 Å². The predicted octanol–water partition coefficient (Wildman–Crippen LogP) is 2.54. The normalized spacial score (nSPS) is 11.6. The highest BCUT2D eigenvalue weighted by molar-refractivity contribution is 7.71. The maximum absolute atomic E-state index is 13.7. The molecule has 0 atom stereocenters. The highest BCUT2D eigenvalue weighted by atomic mass is 32.1. The van der Waals surface area contributed by atoms with Gasteiger partial charge in [-0.2, -0.15) is 0 Å². The maximum Gasteiger partial charge on any atom is 0.184 e. The van der Waals surface area contributed by atoms with Crippen molar-refractivity contribution in [3.8, 4) is 0 Å². The molecule has 1 heterocycles. The SMILES string of the molecule is CN(C)CCn1c(=S)[nH]c2ccc(F)c(F)c21. The lowest BCUT2D eigenvalue weighted by atomic mass is 10.3. The zero-order valence-corrected chi connectivity index (χ0v) is 10.4. The fourth-order valence-electron chi connectivity index (χ4n) is 1.70. The molecule has 92 valence electrons. The third kappa shape index (κ3) is 2.23. The second kappa shape index (κ2) is 4.54. The summed E-state index contributed by atoms with van der Waals surface area (Å²) >= 11 is 5.11. The third-order valence-corrected chi connectivity index (χ3v) is 2.92. The second-order valence-corrected chi connectivity index (χ2v) is 4.53. The Morgan fingerprint density at radius 3 is 2.71 bits per heavy atom. The molecule has 0 aliphatic heterocycles. The van der Waals surface area contributed by atoms with Crippen LogP contribution in [-0.2, 0) is 6.54 Å². The molecular weight excluding hydrogens is 244 g/mol. The molecule has 0 radical (unpaired) electrons. The highest BCUT2D eigenvalue weighted by Crippen LogP contribution is 2.20. The summed E-state index contributed by atoms with van der Waals surface area (Å²) < 4.78 is 28.9. The van der Waals surface area contributed by atoms with E-state index in [1.165, 1.54) is 6.07 Å². The average molecular weight is 257 g/mol. The van der Waals surface area contributed by atoms with Gasteiger partial charge in [0.05, 0.1) is 5.52 Å². The number of aromatic amines is 1. The van der Waals surface area contributed by atoms with E-state index < -0.39 is 11.6 Å². The fraction of sp³-hybridized carbons (Fsp3) is 0.364. The van der Waals surface area contributed by atoms with E-state index in [2.05, 4.69) is 4.98 Å². The van der Waals surface area contributed by atoms with Gasteiger partial charge in [-0.05, 0) is 38.4 Å². The largest absolute Gasteiger partial charge is 0.330 e. The number of likely N-dealkylation sites (N-methyl/N-ethyl adjacent to an activating group) is 1. The molecule has 0 aliphatic carbocycles. The van der Waals surface area contributed by atoms with E-state index in [4.69, 9.17) is 12.2 Å². The molecular formula is C11H13F2N3S. The Morgan fingerprint density at radius 2 is 2.06 bits per heavy atom. The molecule has 0 amide bonds. The Hall–Kier alpha value is -1.27. The van der Waals surface area contributed by atoms with Crippen LogP contribution < -0.4 is 0 Å². The third-order valence-electron chi connectivity index (χ3n) is 2.60. The number of nitrogens with one attached hydrogen (secondary N) is 1. The number of fused-ring (bicyclic) bond motifs is 1. The molecule has 17 heavy (non-hydrogen) atoms. The summed E-state index contributed by atoms with van der Waals surface area (Å²) in [5.41, 5.74) is 0.726. The molecule has 0 spiro atoms. The van der Waals surface area contributed by atoms with Crippen molar-refractivity contribution in [1.82, 2.24) is 14.5 Å². The van der Waals surface area contributed by atoms with Gasteiger partial charge >= 0.3 is 0 Å². The van der Waals surface area contributed by atoms with Crippen LogP contribution in [0.1, 0.15) is 0 Å². The Kier molecular flexibility index (Phi) is 3.26. The lowest BCUT2D eigenvalue weighted by Crippen LogP contribution is -2.18. The molecule has 0 unspecified atom stereocenters. The Labute approximate surface area is 103 Å². The van der Waals surface area contributed by atoms with Crippen molar-refractivity contribution in [2.24, 2.45) is 0 Å². The number of aromatic nitrogens is 2. The van der Waals surface area contributed by atoms with Crippen LogP contribution in [0.2, 0.25) is 0 Å².